The van der Waals surface area contributed by atoms with Crippen LogP contribution < -0.4 is 5.32 Å². The maximum Gasteiger partial charge on any atom is 0.236 e. The number of carbonyl (C=O) groups excluding carboxylic acids is 1. The van der Waals surface area contributed by atoms with Crippen molar-refractivity contribution in [3.05, 3.63) is 47.2 Å². The Morgan fingerprint density at radius 3 is 2.90 bits per heavy atom. The number of nitrogens with zero attached hydrogens (tertiary/aromatic N) is 3. The van der Waals surface area contributed by atoms with Crippen molar-refractivity contribution in [3.8, 4) is 6.07 Å². The van der Waals surface area contributed by atoms with Gasteiger partial charge in [0.25, 0.3) is 0 Å². The average Bonchev–Trinajstić information content (AvgIpc) is 3.18. The molecule has 0 aliphatic heterocycles. The molecule has 1 unspecified atom stereocenters. The minimum absolute atomic E-state index is 0.141. The monoisotopic (exact) mass is 450 g/mol. The van der Waals surface area contributed by atoms with Gasteiger partial charge in [0.15, 0.2) is 5.13 Å². The van der Waals surface area contributed by atoms with Gasteiger partial charge in [-0.25, -0.2) is 9.97 Å². The van der Waals surface area contributed by atoms with Crippen molar-refractivity contribution in [3.63, 3.8) is 0 Å². The molecule has 0 saturated heterocycles. The zero-order chi connectivity index (χ0) is 22.0. The first-order valence-electron chi connectivity index (χ1n) is 10.6. The van der Waals surface area contributed by atoms with E-state index in [2.05, 4.69) is 37.1 Å². The normalized spacial score (nSPS) is 16.0. The zero-order valence-corrected chi connectivity index (χ0v) is 19.7. The van der Waals surface area contributed by atoms with E-state index in [-0.39, 0.29) is 17.1 Å². The van der Waals surface area contributed by atoms with Crippen LogP contribution in [-0.4, -0.2) is 21.6 Å². The van der Waals surface area contributed by atoms with Crippen LogP contribution >= 0.6 is 23.1 Å². The summed E-state index contributed by atoms with van der Waals surface area (Å²) in [6.07, 6.45) is 4.17. The van der Waals surface area contributed by atoms with E-state index < -0.39 is 0 Å². The molecular formula is C24H26N4OS2. The van der Waals surface area contributed by atoms with Crippen molar-refractivity contribution in [2.24, 2.45) is 11.3 Å². The van der Waals surface area contributed by atoms with E-state index in [4.69, 9.17) is 4.98 Å². The molecule has 2 aromatic heterocycles. The lowest BCUT2D eigenvalue weighted by atomic mass is 9.69. The molecule has 1 aromatic carbocycles. The van der Waals surface area contributed by atoms with Gasteiger partial charge in [-0.05, 0) is 54.4 Å². The molecule has 31 heavy (non-hydrogen) atoms. The summed E-state index contributed by atoms with van der Waals surface area (Å²) in [6, 6.07) is 12.1. The molecule has 1 aliphatic rings. The lowest BCUT2D eigenvalue weighted by Gasteiger charge is -2.37. The highest BCUT2D eigenvalue weighted by molar-refractivity contribution is 8.00. The number of anilines is 1. The number of nitrogens with one attached hydrogen (secondary N) is 1. The Morgan fingerprint density at radius 2 is 2.16 bits per heavy atom. The minimum Gasteiger partial charge on any atom is -0.301 e. The Hall–Kier alpha value is -2.43. The van der Waals surface area contributed by atoms with Gasteiger partial charge >= 0.3 is 0 Å². The van der Waals surface area contributed by atoms with E-state index in [1.807, 2.05) is 30.3 Å². The topological polar surface area (TPSA) is 78.7 Å². The molecule has 3 aromatic rings. The predicted octanol–water partition coefficient (Wildman–Crippen LogP) is 5.83. The molecule has 4 rings (SSSR count). The third-order valence-corrected chi connectivity index (χ3v) is 8.31. The third-order valence-electron chi connectivity index (χ3n) is 6.37. The molecule has 1 amide bonds. The summed E-state index contributed by atoms with van der Waals surface area (Å²) >= 11 is 2.78. The molecule has 1 N–H and O–H groups in total. The Balaban J connectivity index is 1.44. The lowest BCUT2D eigenvalue weighted by molar-refractivity contribution is -0.113. The summed E-state index contributed by atoms with van der Waals surface area (Å²) in [7, 11) is 0. The van der Waals surface area contributed by atoms with Crippen molar-refractivity contribution in [1.82, 2.24) is 9.97 Å². The van der Waals surface area contributed by atoms with Crippen LogP contribution in [0.25, 0.3) is 10.2 Å². The fourth-order valence-electron chi connectivity index (χ4n) is 4.01. The number of hydrogen-bond acceptors (Lipinski definition) is 6. The quantitative estimate of drug-likeness (QED) is 0.478. The first-order valence-corrected chi connectivity index (χ1v) is 12.4. The van der Waals surface area contributed by atoms with Gasteiger partial charge in [0, 0.05) is 5.69 Å². The van der Waals surface area contributed by atoms with Crippen LogP contribution in [0.15, 0.2) is 35.4 Å². The number of nitriles is 1. The second-order valence-corrected chi connectivity index (χ2v) is 10.7. The molecule has 0 saturated carbocycles. The van der Waals surface area contributed by atoms with Crippen LogP contribution in [0.2, 0.25) is 0 Å². The number of para-hydroxylation sites is 1. The standard InChI is InChI=1S/C24H26N4OS2/c1-4-24(2,3)17-9-10-18-15(12-17)11-16(13-25)22(26-18)30-14-21(29)28-23-27-19-7-5-6-8-20(19)31-23/h5-8,11,17H,4,9-10,12,14H2,1-3H3,(H,27,28,29). The lowest BCUT2D eigenvalue weighted by Crippen LogP contribution is -2.29. The van der Waals surface area contributed by atoms with E-state index in [9.17, 15) is 10.1 Å². The summed E-state index contributed by atoms with van der Waals surface area (Å²) < 4.78 is 1.04. The van der Waals surface area contributed by atoms with Crippen LogP contribution in [0.1, 0.15) is 50.4 Å². The second-order valence-electron chi connectivity index (χ2n) is 8.66. The molecule has 1 aliphatic carbocycles. The predicted molar refractivity (Wildman–Crippen MR) is 128 cm³/mol. The van der Waals surface area contributed by atoms with E-state index in [0.717, 1.165) is 41.6 Å². The van der Waals surface area contributed by atoms with Crippen molar-refractivity contribution >= 4 is 44.4 Å². The molecule has 0 radical (unpaired) electrons. The Morgan fingerprint density at radius 1 is 1.35 bits per heavy atom. The van der Waals surface area contributed by atoms with Crippen LogP contribution in [-0.2, 0) is 17.6 Å². The number of amides is 1. The fraction of sp³-hybridized carbons (Fsp3) is 0.417. The second kappa shape index (κ2) is 8.97. The number of aromatic nitrogens is 2. The first-order chi connectivity index (χ1) is 14.9. The first kappa shape index (κ1) is 21.8. The highest BCUT2D eigenvalue weighted by Gasteiger charge is 2.32. The zero-order valence-electron chi connectivity index (χ0n) is 18.1. The fourth-order valence-corrected chi connectivity index (χ4v) is 5.66. The van der Waals surface area contributed by atoms with Gasteiger partial charge in [-0.2, -0.15) is 5.26 Å². The van der Waals surface area contributed by atoms with Crippen LogP contribution in [0.5, 0.6) is 0 Å². The summed E-state index contributed by atoms with van der Waals surface area (Å²) in [5, 5.41) is 13.8. The van der Waals surface area contributed by atoms with Gasteiger partial charge in [-0.3, -0.25) is 4.79 Å². The smallest absolute Gasteiger partial charge is 0.236 e. The van der Waals surface area contributed by atoms with Crippen molar-refractivity contribution in [2.75, 3.05) is 11.1 Å². The van der Waals surface area contributed by atoms with Crippen molar-refractivity contribution in [1.29, 1.82) is 5.26 Å². The molecule has 1 atom stereocenters. The number of rotatable bonds is 6. The SMILES string of the molecule is CCC(C)(C)C1CCc2nc(SCC(=O)Nc3nc4ccccc4s3)c(C#N)cc2C1. The minimum atomic E-state index is -0.141. The van der Waals surface area contributed by atoms with Gasteiger partial charge in [-0.15, -0.1) is 0 Å². The number of fused-ring (bicyclic) bond motifs is 2. The Bertz CT molecular complexity index is 1130. The van der Waals surface area contributed by atoms with Crippen molar-refractivity contribution in [2.45, 2.75) is 51.5 Å². The van der Waals surface area contributed by atoms with E-state index in [1.165, 1.54) is 28.7 Å². The molecule has 7 heteroatoms. The number of aryl methyl sites for hydroxylation is 1. The molecule has 5 nitrogen and oxygen atoms in total. The highest BCUT2D eigenvalue weighted by atomic mass is 32.2. The third kappa shape index (κ3) is 4.76. The van der Waals surface area contributed by atoms with Crippen LogP contribution in [0.4, 0.5) is 5.13 Å². The number of benzene rings is 1. The molecular weight excluding hydrogens is 424 g/mol. The van der Waals surface area contributed by atoms with E-state index in [0.29, 0.717) is 21.6 Å². The van der Waals surface area contributed by atoms with Gasteiger partial charge in [0.2, 0.25) is 5.91 Å². The Labute approximate surface area is 191 Å². The molecule has 160 valence electrons. The summed E-state index contributed by atoms with van der Waals surface area (Å²) in [4.78, 5) is 21.7. The van der Waals surface area contributed by atoms with E-state index >= 15 is 0 Å². The van der Waals surface area contributed by atoms with E-state index in [1.54, 1.807) is 0 Å². The summed E-state index contributed by atoms with van der Waals surface area (Å²) in [6.45, 7) is 6.90. The maximum absolute atomic E-state index is 12.5. The molecule has 0 spiro atoms. The van der Waals surface area contributed by atoms with Gasteiger partial charge in [-0.1, -0.05) is 62.4 Å². The van der Waals surface area contributed by atoms with Gasteiger partial charge < -0.3 is 5.32 Å². The average molecular weight is 451 g/mol. The van der Waals surface area contributed by atoms with Crippen LogP contribution in [0.3, 0.4) is 0 Å². The molecule has 0 fully saturated rings. The Kier molecular flexibility index (Phi) is 6.31. The number of thiazole rings is 1. The van der Waals surface area contributed by atoms with Crippen molar-refractivity contribution < 1.29 is 4.79 Å². The number of hydrogen-bond donors (Lipinski definition) is 1. The highest BCUT2D eigenvalue weighted by Crippen LogP contribution is 2.40. The van der Waals surface area contributed by atoms with Crippen LogP contribution in [0, 0.1) is 22.7 Å². The summed E-state index contributed by atoms with van der Waals surface area (Å²) in [5.74, 6) is 0.663. The molecule has 2 heterocycles. The largest absolute Gasteiger partial charge is 0.301 e. The van der Waals surface area contributed by atoms with Gasteiger partial charge in [0.05, 0.1) is 21.5 Å². The number of thioether (sulfide) groups is 1. The maximum atomic E-state index is 12.5. The van der Waals surface area contributed by atoms with Gasteiger partial charge in [0.1, 0.15) is 11.1 Å². The number of carbonyl (C=O) groups is 1. The molecule has 0 bridgehead atoms. The summed E-state index contributed by atoms with van der Waals surface area (Å²) in [5.41, 5.74) is 4.00. The number of pyridine rings is 1.